The molecule has 0 atom stereocenters. The zero-order valence-corrected chi connectivity index (χ0v) is 33.9. The van der Waals surface area contributed by atoms with Gasteiger partial charge < -0.3 is 14.2 Å². The van der Waals surface area contributed by atoms with Gasteiger partial charge in [0.1, 0.15) is 0 Å². The van der Waals surface area contributed by atoms with Crippen LogP contribution in [-0.4, -0.2) is 133 Å². The number of piperazine rings is 2. The highest BCUT2D eigenvalue weighted by Gasteiger charge is 2.27. The van der Waals surface area contributed by atoms with E-state index in [0.717, 1.165) is 39.3 Å². The summed E-state index contributed by atoms with van der Waals surface area (Å²) in [5.41, 5.74) is 1.03. The topological polar surface area (TPSA) is 40.7 Å². The second-order valence-corrected chi connectivity index (χ2v) is 19.2. The Hall–Kier alpha value is -0.280. The Morgan fingerprint density at radius 3 is 0.867 bits per heavy atom. The van der Waals surface area contributed by atoms with Crippen molar-refractivity contribution in [2.24, 2.45) is 5.41 Å². The highest BCUT2D eigenvalue weighted by molar-refractivity contribution is 4.83. The molecule has 0 amide bonds. The molecule has 7 nitrogen and oxygen atoms in total. The van der Waals surface area contributed by atoms with Gasteiger partial charge in [-0.2, -0.15) is 0 Å². The second kappa shape index (κ2) is 19.0. The van der Waals surface area contributed by atoms with Crippen LogP contribution in [0.15, 0.2) is 0 Å². The fourth-order valence-corrected chi connectivity index (χ4v) is 4.91. The largest absolute Gasteiger partial charge is 0.376 e. The molecule has 2 rings (SSSR count). The van der Waals surface area contributed by atoms with Crippen LogP contribution in [0.25, 0.3) is 0 Å². The highest BCUT2D eigenvalue weighted by Crippen LogP contribution is 2.20. The van der Waals surface area contributed by atoms with Crippen LogP contribution in [0.1, 0.15) is 131 Å². The van der Waals surface area contributed by atoms with E-state index in [1.165, 1.54) is 52.4 Å². The van der Waals surface area contributed by atoms with Gasteiger partial charge in [-0.1, -0.05) is 20.8 Å². The molecule has 2 fully saturated rings. The van der Waals surface area contributed by atoms with Crippen molar-refractivity contribution in [3.63, 3.8) is 0 Å². The van der Waals surface area contributed by atoms with E-state index in [0.29, 0.717) is 16.5 Å². The molecule has 0 bridgehead atoms. The van der Waals surface area contributed by atoms with Crippen LogP contribution in [0.5, 0.6) is 0 Å². The summed E-state index contributed by atoms with van der Waals surface area (Å²) in [7, 11) is 0. The Balaban J connectivity index is 0.000000664. The molecule has 0 aromatic heterocycles. The van der Waals surface area contributed by atoms with E-state index in [9.17, 15) is 0 Å². The summed E-state index contributed by atoms with van der Waals surface area (Å²) in [5, 5.41) is 0. The Bertz CT molecular complexity index is 675. The lowest BCUT2D eigenvalue weighted by atomic mass is 9.93. The summed E-state index contributed by atoms with van der Waals surface area (Å²) in [6.45, 7) is 53.6. The second-order valence-electron chi connectivity index (χ2n) is 19.2. The maximum absolute atomic E-state index is 5.77. The van der Waals surface area contributed by atoms with Gasteiger partial charge in [0.15, 0.2) is 0 Å². The van der Waals surface area contributed by atoms with Gasteiger partial charge in [0.25, 0.3) is 0 Å². The Morgan fingerprint density at radius 2 is 0.644 bits per heavy atom. The third-order valence-electron chi connectivity index (χ3n) is 7.91. The number of hydrogen-bond acceptors (Lipinski definition) is 7. The molecule has 0 aliphatic carbocycles. The average Bonchev–Trinajstić information content (AvgIpc) is 2.81. The molecule has 0 radical (unpaired) electrons. The Kier molecular flexibility index (Phi) is 18.9. The van der Waals surface area contributed by atoms with E-state index >= 15 is 0 Å². The first-order chi connectivity index (χ1) is 20.1. The molecule has 0 spiro atoms. The SMILES string of the molecule is CC(C)(C)CCOC(C)(C)C.CC(C)(C)OCCN1CCN(C(C)(C)C)CC1.CC(C)(C)OCCN1CCN(C(C)(C)C)CC1. The molecule has 272 valence electrons. The van der Waals surface area contributed by atoms with Gasteiger partial charge in [0.2, 0.25) is 0 Å². The van der Waals surface area contributed by atoms with E-state index in [4.69, 9.17) is 14.2 Å². The van der Waals surface area contributed by atoms with Crippen molar-refractivity contribution >= 4 is 0 Å². The number of rotatable bonds is 8. The maximum atomic E-state index is 5.77. The molecule has 0 unspecified atom stereocenters. The smallest absolute Gasteiger partial charge is 0.0600 e. The normalized spacial score (nSPS) is 19.1. The average molecular weight is 643 g/mol. The molecule has 0 N–H and O–H groups in total. The van der Waals surface area contributed by atoms with E-state index in [-0.39, 0.29) is 16.8 Å². The van der Waals surface area contributed by atoms with Crippen molar-refractivity contribution < 1.29 is 14.2 Å². The highest BCUT2D eigenvalue weighted by atomic mass is 16.5. The van der Waals surface area contributed by atoms with Gasteiger partial charge in [-0.3, -0.25) is 19.6 Å². The van der Waals surface area contributed by atoms with Gasteiger partial charge in [-0.15, -0.1) is 0 Å². The predicted octanol–water partition coefficient (Wildman–Crippen LogP) is 7.67. The molecular weight excluding hydrogens is 560 g/mol. The molecule has 7 heteroatoms. The van der Waals surface area contributed by atoms with E-state index in [1.807, 2.05) is 0 Å². The van der Waals surface area contributed by atoms with Crippen molar-refractivity contribution in [1.82, 2.24) is 19.6 Å². The van der Waals surface area contributed by atoms with Crippen molar-refractivity contribution in [1.29, 1.82) is 0 Å². The fourth-order valence-electron chi connectivity index (χ4n) is 4.91. The summed E-state index contributed by atoms with van der Waals surface area (Å²) in [5.74, 6) is 0. The predicted molar refractivity (Wildman–Crippen MR) is 197 cm³/mol. The molecule has 2 aliphatic rings. The van der Waals surface area contributed by atoms with E-state index in [1.54, 1.807) is 0 Å². The Labute approximate surface area is 283 Å². The standard InChI is InChI=1S/2C14H30N2O.C10H22O/c2*1-13(2,3)16-9-7-15(8-10-16)11-12-17-14(4,5)6;1-9(2,3)7-8-11-10(4,5)6/h2*7-12H2,1-6H3;7-8H2,1-6H3. The summed E-state index contributed by atoms with van der Waals surface area (Å²) in [6, 6.07) is 0. The fraction of sp³-hybridized carbons (Fsp3) is 1.00. The number of hydrogen-bond donors (Lipinski definition) is 0. The number of nitrogens with zero attached hydrogens (tertiary/aromatic N) is 4. The monoisotopic (exact) mass is 643 g/mol. The first kappa shape index (κ1) is 44.7. The van der Waals surface area contributed by atoms with Crippen LogP contribution < -0.4 is 0 Å². The van der Waals surface area contributed by atoms with Crippen LogP contribution in [0.3, 0.4) is 0 Å². The summed E-state index contributed by atoms with van der Waals surface area (Å²) in [6.07, 6.45) is 1.13. The minimum Gasteiger partial charge on any atom is -0.376 e. The van der Waals surface area contributed by atoms with Gasteiger partial charge in [0.05, 0.1) is 30.0 Å². The molecule has 2 saturated heterocycles. The molecule has 0 aromatic carbocycles. The zero-order valence-electron chi connectivity index (χ0n) is 33.9. The van der Waals surface area contributed by atoms with Gasteiger partial charge in [-0.05, 0) is 116 Å². The molecule has 0 saturated carbocycles. The molecule has 2 aliphatic heterocycles. The van der Waals surface area contributed by atoms with E-state index < -0.39 is 0 Å². The maximum Gasteiger partial charge on any atom is 0.0600 e. The van der Waals surface area contributed by atoms with Crippen molar-refractivity contribution in [3.8, 4) is 0 Å². The minimum atomic E-state index is -0.00671. The minimum absolute atomic E-state index is 0.00671. The lowest BCUT2D eigenvalue weighted by Crippen LogP contribution is -2.53. The van der Waals surface area contributed by atoms with Gasteiger partial charge in [0, 0.05) is 83.1 Å². The summed E-state index contributed by atoms with van der Waals surface area (Å²) in [4.78, 5) is 10.1. The lowest BCUT2D eigenvalue weighted by Gasteiger charge is -2.42. The van der Waals surface area contributed by atoms with Crippen LogP contribution >= 0.6 is 0 Å². The van der Waals surface area contributed by atoms with Crippen LogP contribution in [0.4, 0.5) is 0 Å². The molecule has 45 heavy (non-hydrogen) atoms. The van der Waals surface area contributed by atoms with Gasteiger partial charge >= 0.3 is 0 Å². The summed E-state index contributed by atoms with van der Waals surface area (Å²) < 4.78 is 17.1. The molecule has 0 aromatic rings. The van der Waals surface area contributed by atoms with Crippen molar-refractivity contribution in [2.45, 2.75) is 159 Å². The number of ether oxygens (including phenoxy) is 3. The molecular formula is C38H82N4O3. The van der Waals surface area contributed by atoms with Crippen molar-refractivity contribution in [2.75, 3.05) is 85.3 Å². The first-order valence-corrected chi connectivity index (χ1v) is 17.9. The van der Waals surface area contributed by atoms with Crippen LogP contribution in [-0.2, 0) is 14.2 Å². The first-order valence-electron chi connectivity index (χ1n) is 17.9. The third-order valence-corrected chi connectivity index (χ3v) is 7.91. The van der Waals surface area contributed by atoms with Crippen molar-refractivity contribution in [3.05, 3.63) is 0 Å². The van der Waals surface area contributed by atoms with E-state index in [2.05, 4.69) is 144 Å². The summed E-state index contributed by atoms with van der Waals surface area (Å²) >= 11 is 0. The third kappa shape index (κ3) is 26.4. The van der Waals surface area contributed by atoms with Gasteiger partial charge in [-0.25, -0.2) is 0 Å². The quantitative estimate of drug-likeness (QED) is 0.269. The zero-order chi connectivity index (χ0) is 35.3. The molecule has 2 heterocycles. The lowest BCUT2D eigenvalue weighted by molar-refractivity contribution is -0.0223. The van der Waals surface area contributed by atoms with Crippen LogP contribution in [0, 0.1) is 5.41 Å². The Morgan fingerprint density at radius 1 is 0.378 bits per heavy atom. The van der Waals surface area contributed by atoms with Crippen LogP contribution in [0.2, 0.25) is 0 Å².